The lowest BCUT2D eigenvalue weighted by Crippen LogP contribution is -2.34. The molecule has 1 aliphatic carbocycles. The zero-order valence-corrected chi connectivity index (χ0v) is 11.4. The Bertz CT molecular complexity index is 424. The van der Waals surface area contributed by atoms with Gasteiger partial charge in [-0.05, 0) is 25.2 Å². The van der Waals surface area contributed by atoms with Crippen molar-refractivity contribution in [2.75, 3.05) is 0 Å². The minimum Gasteiger partial charge on any atom is -0.322 e. The van der Waals surface area contributed by atoms with Gasteiger partial charge >= 0.3 is 6.18 Å². The Hall–Kier alpha value is -0.750. The monoisotopic (exact) mass is 295 g/mol. The van der Waals surface area contributed by atoms with Gasteiger partial charge in [0.2, 0.25) is 0 Å². The number of rotatable bonds is 2. The van der Waals surface area contributed by atoms with Crippen LogP contribution in [0.3, 0.4) is 0 Å². The largest absolute Gasteiger partial charge is 0.391 e. The van der Waals surface area contributed by atoms with Gasteiger partial charge in [0, 0.05) is 7.05 Å². The van der Waals surface area contributed by atoms with Crippen molar-refractivity contribution >= 4 is 11.6 Å². The molecule has 0 saturated heterocycles. The number of alkyl halides is 3. The molecule has 3 unspecified atom stereocenters. The minimum atomic E-state index is -4.13. The number of hydrogen-bond acceptors (Lipinski definition) is 2. The van der Waals surface area contributed by atoms with E-state index >= 15 is 0 Å². The molecular weight excluding hydrogens is 279 g/mol. The van der Waals surface area contributed by atoms with E-state index in [1.807, 2.05) is 0 Å². The highest BCUT2D eigenvalue weighted by molar-refractivity contribution is 6.31. The quantitative estimate of drug-likeness (QED) is 0.908. The van der Waals surface area contributed by atoms with Gasteiger partial charge in [0.1, 0.15) is 0 Å². The third-order valence-electron chi connectivity index (χ3n) is 3.94. The Balaban J connectivity index is 2.14. The molecule has 0 radical (unpaired) electrons. The van der Waals surface area contributed by atoms with Gasteiger partial charge < -0.3 is 5.73 Å². The molecule has 0 spiro atoms. The predicted octanol–water partition coefficient (Wildman–Crippen LogP) is 3.44. The van der Waals surface area contributed by atoms with Crippen LogP contribution in [0.5, 0.6) is 0 Å². The highest BCUT2D eigenvalue weighted by Gasteiger charge is 2.43. The van der Waals surface area contributed by atoms with E-state index in [0.29, 0.717) is 23.6 Å². The lowest BCUT2D eigenvalue weighted by atomic mass is 9.77. The van der Waals surface area contributed by atoms with Crippen LogP contribution in [0, 0.1) is 11.8 Å². The van der Waals surface area contributed by atoms with Crippen molar-refractivity contribution in [3.05, 3.63) is 16.9 Å². The van der Waals surface area contributed by atoms with E-state index in [9.17, 15) is 13.2 Å². The number of aryl methyl sites for hydroxylation is 1. The topological polar surface area (TPSA) is 43.8 Å². The van der Waals surface area contributed by atoms with Gasteiger partial charge in [-0.1, -0.05) is 18.0 Å². The molecular formula is C12H17ClF3N3. The van der Waals surface area contributed by atoms with Gasteiger partial charge in [0.25, 0.3) is 0 Å². The molecule has 1 heterocycles. The number of nitrogens with zero attached hydrogens (tertiary/aromatic N) is 2. The number of halogens is 4. The molecule has 7 heteroatoms. The second-order valence-electron chi connectivity index (χ2n) is 5.19. The van der Waals surface area contributed by atoms with Crippen molar-refractivity contribution in [2.24, 2.45) is 24.6 Å². The third-order valence-corrected chi connectivity index (χ3v) is 4.23. The van der Waals surface area contributed by atoms with E-state index in [2.05, 4.69) is 5.10 Å². The summed E-state index contributed by atoms with van der Waals surface area (Å²) in [6.07, 6.45) is -1.12. The Labute approximate surface area is 114 Å². The maximum Gasteiger partial charge on any atom is 0.391 e. The molecule has 2 rings (SSSR count). The molecule has 1 saturated carbocycles. The summed E-state index contributed by atoms with van der Waals surface area (Å²) >= 11 is 6.00. The highest BCUT2D eigenvalue weighted by Crippen LogP contribution is 2.43. The van der Waals surface area contributed by atoms with Crippen molar-refractivity contribution < 1.29 is 13.2 Å². The molecule has 19 heavy (non-hydrogen) atoms. The first-order valence-electron chi connectivity index (χ1n) is 6.30. The van der Waals surface area contributed by atoms with Gasteiger partial charge in [0.15, 0.2) is 0 Å². The summed E-state index contributed by atoms with van der Waals surface area (Å²) in [6.45, 7) is 0. The Morgan fingerprint density at radius 2 is 2.16 bits per heavy atom. The molecule has 1 aromatic heterocycles. The maximum atomic E-state index is 12.8. The fourth-order valence-electron chi connectivity index (χ4n) is 2.87. The van der Waals surface area contributed by atoms with Crippen LogP contribution in [0.1, 0.15) is 37.4 Å². The fraction of sp³-hybridized carbons (Fsp3) is 0.750. The van der Waals surface area contributed by atoms with Crippen LogP contribution in [0.2, 0.25) is 5.02 Å². The minimum absolute atomic E-state index is 0.0756. The summed E-state index contributed by atoms with van der Waals surface area (Å²) in [5.74, 6) is -1.45. The van der Waals surface area contributed by atoms with Gasteiger partial charge in [-0.3, -0.25) is 4.68 Å². The Morgan fingerprint density at radius 1 is 1.47 bits per heavy atom. The summed E-state index contributed by atoms with van der Waals surface area (Å²) in [6, 6.07) is -0.495. The zero-order chi connectivity index (χ0) is 14.2. The lowest BCUT2D eigenvalue weighted by Gasteiger charge is -2.33. The summed E-state index contributed by atoms with van der Waals surface area (Å²) in [7, 11) is 1.70. The average molecular weight is 296 g/mol. The second kappa shape index (κ2) is 5.32. The van der Waals surface area contributed by atoms with E-state index in [4.69, 9.17) is 17.3 Å². The molecule has 3 atom stereocenters. The van der Waals surface area contributed by atoms with Crippen LogP contribution in [-0.2, 0) is 7.05 Å². The van der Waals surface area contributed by atoms with Crippen molar-refractivity contribution in [3.8, 4) is 0 Å². The Kier molecular flexibility index (Phi) is 4.11. The van der Waals surface area contributed by atoms with Crippen LogP contribution < -0.4 is 5.73 Å². The van der Waals surface area contributed by atoms with E-state index in [1.165, 1.54) is 6.20 Å². The molecule has 3 nitrogen and oxygen atoms in total. The number of hydrogen-bond donors (Lipinski definition) is 1. The zero-order valence-electron chi connectivity index (χ0n) is 10.6. The molecule has 0 aromatic carbocycles. The molecule has 108 valence electrons. The molecule has 0 amide bonds. The van der Waals surface area contributed by atoms with Crippen LogP contribution in [0.15, 0.2) is 6.20 Å². The van der Waals surface area contributed by atoms with Crippen LogP contribution >= 0.6 is 11.6 Å². The normalized spacial score (nSPS) is 26.4. The fourth-order valence-corrected chi connectivity index (χ4v) is 3.16. The smallest absolute Gasteiger partial charge is 0.322 e. The first-order chi connectivity index (χ1) is 8.80. The van der Waals surface area contributed by atoms with E-state index in [0.717, 1.165) is 0 Å². The summed E-state index contributed by atoms with van der Waals surface area (Å²) in [5.41, 5.74) is 6.73. The summed E-state index contributed by atoms with van der Waals surface area (Å²) in [5, 5.41) is 4.40. The average Bonchev–Trinajstić information content (AvgIpc) is 2.67. The van der Waals surface area contributed by atoms with Crippen molar-refractivity contribution in [1.82, 2.24) is 9.78 Å². The summed E-state index contributed by atoms with van der Waals surface area (Å²) in [4.78, 5) is 0. The van der Waals surface area contributed by atoms with Crippen molar-refractivity contribution in [1.29, 1.82) is 0 Å². The molecule has 1 aromatic rings. The molecule has 0 bridgehead atoms. The van der Waals surface area contributed by atoms with Gasteiger partial charge in [-0.15, -0.1) is 0 Å². The molecule has 0 aliphatic heterocycles. The van der Waals surface area contributed by atoms with E-state index < -0.39 is 18.1 Å². The first-order valence-corrected chi connectivity index (χ1v) is 6.68. The molecule has 1 aliphatic rings. The van der Waals surface area contributed by atoms with Crippen molar-refractivity contribution in [3.63, 3.8) is 0 Å². The SMILES string of the molecule is Cn1ncc(Cl)c1C(N)C1CCCC(C(F)(F)F)C1. The van der Waals surface area contributed by atoms with E-state index in [1.54, 1.807) is 11.7 Å². The second-order valence-corrected chi connectivity index (χ2v) is 5.60. The molecule has 1 fully saturated rings. The first kappa shape index (κ1) is 14.7. The standard InChI is InChI=1S/C12H17ClF3N3/c1-19-11(9(13)6-18-19)10(17)7-3-2-4-8(5-7)12(14,15)16/h6-8,10H,2-5,17H2,1H3. The van der Waals surface area contributed by atoms with Crippen LogP contribution in [0.4, 0.5) is 13.2 Å². The van der Waals surface area contributed by atoms with Crippen LogP contribution in [-0.4, -0.2) is 16.0 Å². The third kappa shape index (κ3) is 3.05. The van der Waals surface area contributed by atoms with Gasteiger partial charge in [-0.2, -0.15) is 18.3 Å². The number of nitrogens with two attached hydrogens (primary N) is 1. The summed E-state index contributed by atoms with van der Waals surface area (Å²) < 4.78 is 39.9. The predicted molar refractivity (Wildman–Crippen MR) is 66.6 cm³/mol. The highest BCUT2D eigenvalue weighted by atomic mass is 35.5. The number of aromatic nitrogens is 2. The maximum absolute atomic E-state index is 12.8. The van der Waals surface area contributed by atoms with Crippen molar-refractivity contribution in [2.45, 2.75) is 37.9 Å². The van der Waals surface area contributed by atoms with E-state index in [-0.39, 0.29) is 18.8 Å². The molecule has 2 N–H and O–H groups in total. The van der Waals surface area contributed by atoms with Crippen LogP contribution in [0.25, 0.3) is 0 Å². The van der Waals surface area contributed by atoms with Gasteiger partial charge in [-0.25, -0.2) is 0 Å². The lowest BCUT2D eigenvalue weighted by molar-refractivity contribution is -0.186. The van der Waals surface area contributed by atoms with Gasteiger partial charge in [0.05, 0.1) is 28.9 Å². The Morgan fingerprint density at radius 3 is 2.68 bits per heavy atom.